The van der Waals surface area contributed by atoms with E-state index in [0.717, 1.165) is 11.1 Å². The number of aromatic carboxylic acids is 1. The molecule has 3 aromatic rings. The third-order valence-electron chi connectivity index (χ3n) is 5.04. The number of furan rings is 1. The molecule has 0 aliphatic carbocycles. The molecule has 8 heteroatoms. The second-order valence-corrected chi connectivity index (χ2v) is 7.52. The Labute approximate surface area is 182 Å². The molecule has 0 atom stereocenters. The van der Waals surface area contributed by atoms with Gasteiger partial charge in [0.05, 0.1) is 16.3 Å². The fraction of sp³-hybridized carbons (Fsp3) is 0.0870. The van der Waals surface area contributed by atoms with E-state index >= 15 is 0 Å². The van der Waals surface area contributed by atoms with Crippen molar-refractivity contribution in [2.75, 3.05) is 5.01 Å². The summed E-state index contributed by atoms with van der Waals surface area (Å²) in [6.07, 6.45) is 1.37. The summed E-state index contributed by atoms with van der Waals surface area (Å²) in [6.45, 7) is 3.89. The van der Waals surface area contributed by atoms with Crippen LogP contribution in [0.15, 0.2) is 58.5 Å². The average Bonchev–Trinajstić information content (AvgIpc) is 3.30. The van der Waals surface area contributed by atoms with Crippen molar-refractivity contribution in [3.8, 4) is 11.3 Å². The zero-order valence-electron chi connectivity index (χ0n) is 16.6. The van der Waals surface area contributed by atoms with Crippen molar-refractivity contribution >= 4 is 41.1 Å². The maximum atomic E-state index is 12.8. The van der Waals surface area contributed by atoms with Crippen molar-refractivity contribution in [3.05, 3.63) is 81.6 Å². The number of rotatable bonds is 4. The first kappa shape index (κ1) is 20.4. The van der Waals surface area contributed by atoms with Crippen molar-refractivity contribution < 1.29 is 23.9 Å². The molecule has 31 heavy (non-hydrogen) atoms. The van der Waals surface area contributed by atoms with E-state index in [1.807, 2.05) is 26.0 Å². The minimum absolute atomic E-state index is 0.0148. The van der Waals surface area contributed by atoms with Gasteiger partial charge in [-0.05, 0) is 67.4 Å². The van der Waals surface area contributed by atoms with Crippen LogP contribution in [0.2, 0.25) is 5.02 Å². The predicted molar refractivity (Wildman–Crippen MR) is 116 cm³/mol. The number of nitrogens with one attached hydrogen (secondary N) is 1. The van der Waals surface area contributed by atoms with Crippen LogP contribution in [0.25, 0.3) is 17.4 Å². The zero-order valence-corrected chi connectivity index (χ0v) is 17.4. The van der Waals surface area contributed by atoms with Crippen LogP contribution in [0.5, 0.6) is 0 Å². The van der Waals surface area contributed by atoms with Crippen LogP contribution in [0, 0.1) is 13.8 Å². The number of halogens is 1. The minimum Gasteiger partial charge on any atom is -0.478 e. The number of nitrogens with zero attached hydrogens (tertiary/aromatic N) is 1. The summed E-state index contributed by atoms with van der Waals surface area (Å²) < 4.78 is 5.73. The number of aryl methyl sites for hydroxylation is 2. The van der Waals surface area contributed by atoms with Gasteiger partial charge in [-0.25, -0.2) is 9.80 Å². The molecule has 1 aromatic heterocycles. The number of hydrogen-bond acceptors (Lipinski definition) is 4. The summed E-state index contributed by atoms with van der Waals surface area (Å²) in [5, 5.41) is 10.4. The molecule has 4 rings (SSSR count). The second kappa shape index (κ2) is 7.77. The van der Waals surface area contributed by atoms with Crippen molar-refractivity contribution in [3.63, 3.8) is 0 Å². The Balaban J connectivity index is 1.61. The van der Waals surface area contributed by atoms with Crippen LogP contribution < -0.4 is 10.4 Å². The highest BCUT2D eigenvalue weighted by Crippen LogP contribution is 2.29. The summed E-state index contributed by atoms with van der Waals surface area (Å²) >= 11 is 6.01. The van der Waals surface area contributed by atoms with E-state index in [1.165, 1.54) is 23.2 Å². The molecule has 0 unspecified atom stereocenters. The van der Waals surface area contributed by atoms with Crippen LogP contribution in [0.3, 0.4) is 0 Å². The van der Waals surface area contributed by atoms with Gasteiger partial charge in [0, 0.05) is 5.56 Å². The summed E-state index contributed by atoms with van der Waals surface area (Å²) in [7, 11) is 0. The fourth-order valence-corrected chi connectivity index (χ4v) is 3.43. The van der Waals surface area contributed by atoms with Gasteiger partial charge in [0.1, 0.15) is 17.1 Å². The Kier molecular flexibility index (Phi) is 5.12. The number of carbonyl (C=O) groups is 3. The highest BCUT2D eigenvalue weighted by Gasteiger charge is 2.34. The van der Waals surface area contributed by atoms with Gasteiger partial charge < -0.3 is 9.52 Å². The van der Waals surface area contributed by atoms with Crippen LogP contribution in [0.4, 0.5) is 5.69 Å². The van der Waals surface area contributed by atoms with E-state index in [-0.39, 0.29) is 16.2 Å². The molecule has 2 aromatic carbocycles. The molecule has 2 heterocycles. The number of anilines is 1. The summed E-state index contributed by atoms with van der Waals surface area (Å²) in [5.74, 6) is -1.42. The summed E-state index contributed by atoms with van der Waals surface area (Å²) in [6, 6.07) is 13.2. The number of hydrazine groups is 1. The molecular formula is C23H17ClN2O5. The highest BCUT2D eigenvalue weighted by molar-refractivity contribution is 6.34. The van der Waals surface area contributed by atoms with Crippen molar-refractivity contribution in [2.45, 2.75) is 13.8 Å². The number of carbonyl (C=O) groups excluding carboxylic acids is 2. The van der Waals surface area contributed by atoms with Crippen molar-refractivity contribution in [1.29, 1.82) is 0 Å². The molecule has 1 aliphatic heterocycles. The Bertz CT molecular complexity index is 1270. The van der Waals surface area contributed by atoms with Crippen molar-refractivity contribution in [2.24, 2.45) is 0 Å². The van der Waals surface area contributed by atoms with Gasteiger partial charge in [-0.3, -0.25) is 15.0 Å². The third kappa shape index (κ3) is 3.83. The Morgan fingerprint density at radius 1 is 1.06 bits per heavy atom. The molecule has 0 radical (unpaired) electrons. The van der Waals surface area contributed by atoms with Crippen LogP contribution >= 0.6 is 11.6 Å². The molecule has 156 valence electrons. The van der Waals surface area contributed by atoms with Gasteiger partial charge in [-0.2, -0.15) is 0 Å². The van der Waals surface area contributed by atoms with Gasteiger partial charge >= 0.3 is 5.97 Å². The van der Waals surface area contributed by atoms with Gasteiger partial charge in [0.15, 0.2) is 0 Å². The van der Waals surface area contributed by atoms with Crippen LogP contribution in [-0.4, -0.2) is 22.9 Å². The number of carboxylic acids is 1. The fourth-order valence-electron chi connectivity index (χ4n) is 3.17. The van der Waals surface area contributed by atoms with Gasteiger partial charge in [-0.15, -0.1) is 0 Å². The molecule has 2 N–H and O–H groups in total. The minimum atomic E-state index is -1.12. The van der Waals surface area contributed by atoms with Crippen LogP contribution in [-0.2, 0) is 9.59 Å². The molecule has 7 nitrogen and oxygen atoms in total. The predicted octanol–water partition coefficient (Wildman–Crippen LogP) is 4.38. The first-order chi connectivity index (χ1) is 14.7. The molecule has 0 saturated carbocycles. The van der Waals surface area contributed by atoms with E-state index in [4.69, 9.17) is 21.1 Å². The molecule has 0 spiro atoms. The van der Waals surface area contributed by atoms with Crippen LogP contribution in [0.1, 0.15) is 27.2 Å². The lowest BCUT2D eigenvalue weighted by molar-refractivity contribution is -0.117. The number of hydrogen-bond donors (Lipinski definition) is 2. The van der Waals surface area contributed by atoms with Gasteiger partial charge in [0.2, 0.25) is 0 Å². The van der Waals surface area contributed by atoms with E-state index in [0.29, 0.717) is 22.8 Å². The van der Waals surface area contributed by atoms with E-state index in [2.05, 4.69) is 5.43 Å². The quantitative estimate of drug-likeness (QED) is 0.467. The SMILES string of the molecule is Cc1ccc(N2NC(=O)/C(=C/c3ccc(-c4ccc(C(=O)O)c(Cl)c4)o3)C2=O)cc1C. The maximum Gasteiger partial charge on any atom is 0.337 e. The molecule has 1 fully saturated rings. The second-order valence-electron chi connectivity index (χ2n) is 7.11. The smallest absolute Gasteiger partial charge is 0.337 e. The largest absolute Gasteiger partial charge is 0.478 e. The molecule has 0 bridgehead atoms. The lowest BCUT2D eigenvalue weighted by Gasteiger charge is -2.15. The van der Waals surface area contributed by atoms with Crippen molar-refractivity contribution in [1.82, 2.24) is 5.43 Å². The van der Waals surface area contributed by atoms with E-state index in [1.54, 1.807) is 24.3 Å². The monoisotopic (exact) mass is 436 g/mol. The first-order valence-corrected chi connectivity index (χ1v) is 9.70. The highest BCUT2D eigenvalue weighted by atomic mass is 35.5. The zero-order chi connectivity index (χ0) is 22.3. The van der Waals surface area contributed by atoms with Gasteiger partial charge in [0.25, 0.3) is 11.8 Å². The van der Waals surface area contributed by atoms with Gasteiger partial charge in [-0.1, -0.05) is 23.7 Å². The topological polar surface area (TPSA) is 99.8 Å². The first-order valence-electron chi connectivity index (χ1n) is 9.32. The standard InChI is InChI=1S/C23H17ClN2O5/c1-12-3-5-15(9-13(12)2)26-22(28)18(21(27)25-26)11-16-6-8-20(31-16)14-4-7-17(23(29)30)19(24)10-14/h3-11H,1-2H3,(H,25,27)(H,29,30)/b18-11-. The normalized spacial score (nSPS) is 14.9. The third-order valence-corrected chi connectivity index (χ3v) is 5.35. The average molecular weight is 437 g/mol. The number of amides is 2. The number of benzene rings is 2. The summed E-state index contributed by atoms with van der Waals surface area (Å²) in [5.41, 5.74) is 5.71. The lowest BCUT2D eigenvalue weighted by Crippen LogP contribution is -2.35. The molecule has 1 saturated heterocycles. The maximum absolute atomic E-state index is 12.8. The molecular weight excluding hydrogens is 420 g/mol. The Morgan fingerprint density at radius 3 is 2.52 bits per heavy atom. The van der Waals surface area contributed by atoms with E-state index < -0.39 is 17.8 Å². The van der Waals surface area contributed by atoms with E-state index in [9.17, 15) is 14.4 Å². The Morgan fingerprint density at radius 2 is 1.84 bits per heavy atom. The Hall–Kier alpha value is -3.84. The molecule has 2 amide bonds. The summed E-state index contributed by atoms with van der Waals surface area (Å²) in [4.78, 5) is 36.3. The molecule has 1 aliphatic rings. The lowest BCUT2D eigenvalue weighted by atomic mass is 10.1. The number of carboxylic acid groups (broad SMARTS) is 1.